The average Bonchev–Trinajstić information content (AvgIpc) is 2.64. The molecule has 3 aliphatic rings. The summed E-state index contributed by atoms with van der Waals surface area (Å²) in [6, 6.07) is 0. The van der Waals surface area contributed by atoms with Crippen molar-refractivity contribution in [1.82, 2.24) is 3.59 Å². The molecule has 0 saturated heterocycles. The Bertz CT molecular complexity index is 704. The van der Waals surface area contributed by atoms with Crippen molar-refractivity contribution in [2.24, 2.45) is 0 Å². The van der Waals surface area contributed by atoms with Crippen LogP contribution in [0.4, 0.5) is 0 Å². The number of hydrogen-bond donors (Lipinski definition) is 0. The zero-order chi connectivity index (χ0) is 11.6. The number of rotatable bonds is 0. The van der Waals surface area contributed by atoms with E-state index in [9.17, 15) is 0 Å². The lowest BCUT2D eigenvalue weighted by Crippen LogP contribution is -2.22. The minimum Gasteiger partial charge on any atom is -0.277 e. The summed E-state index contributed by atoms with van der Waals surface area (Å²) in [5.41, 5.74) is 4.34. The van der Waals surface area contributed by atoms with Gasteiger partial charge in [0.2, 0.25) is 0 Å². The Labute approximate surface area is 117 Å². The summed E-state index contributed by atoms with van der Waals surface area (Å²) in [4.78, 5) is 0. The lowest BCUT2D eigenvalue weighted by atomic mass is 9.81. The first-order valence-electron chi connectivity index (χ1n) is 5.96. The standard InChI is InChI=1S/C14H11Br2N/c15-10-7-8-3-1-5-11-13(8)14-9(10)4-2-6-12(14)17(11)16/h4-8H,1-3H2. The first-order chi connectivity index (χ1) is 8.27. The van der Waals surface area contributed by atoms with Crippen molar-refractivity contribution in [3.05, 3.63) is 38.5 Å². The molecule has 4 rings (SSSR count). The molecule has 0 saturated carbocycles. The van der Waals surface area contributed by atoms with Gasteiger partial charge in [-0.05, 0) is 30.4 Å². The highest BCUT2D eigenvalue weighted by atomic mass is 79.9. The zero-order valence-electron chi connectivity index (χ0n) is 9.21. The minimum absolute atomic E-state index is 0.584. The smallest absolute Gasteiger partial charge is 0.0571 e. The third kappa shape index (κ3) is 1.24. The van der Waals surface area contributed by atoms with Crippen LogP contribution in [0.3, 0.4) is 0 Å². The molecule has 86 valence electrons. The van der Waals surface area contributed by atoms with Crippen molar-refractivity contribution in [2.45, 2.75) is 25.2 Å². The molecule has 3 heteroatoms. The topological polar surface area (TPSA) is 4.93 Å². The zero-order valence-corrected chi connectivity index (χ0v) is 12.4. The van der Waals surface area contributed by atoms with Crippen LogP contribution in [-0.2, 0) is 0 Å². The van der Waals surface area contributed by atoms with Gasteiger partial charge in [0, 0.05) is 16.0 Å². The average molecular weight is 353 g/mol. The second kappa shape index (κ2) is 3.48. The van der Waals surface area contributed by atoms with E-state index in [0.717, 1.165) is 6.42 Å². The first kappa shape index (κ1) is 10.4. The number of allylic oxidation sites excluding steroid dienone is 4. The molecule has 0 N–H and O–H groups in total. The largest absolute Gasteiger partial charge is 0.277 e. The Balaban J connectivity index is 2.24. The van der Waals surface area contributed by atoms with Gasteiger partial charge in [0.1, 0.15) is 0 Å². The van der Waals surface area contributed by atoms with Crippen LogP contribution in [-0.4, -0.2) is 3.59 Å². The van der Waals surface area contributed by atoms with E-state index in [1.807, 2.05) is 0 Å². The minimum atomic E-state index is 0.584. The fourth-order valence-corrected chi connectivity index (χ4v) is 4.55. The summed E-state index contributed by atoms with van der Waals surface area (Å²) >= 11 is 7.45. The van der Waals surface area contributed by atoms with Gasteiger partial charge in [-0.1, -0.05) is 40.2 Å². The molecule has 0 bridgehead atoms. The normalized spacial score (nSPS) is 24.2. The molecule has 3 aliphatic carbocycles. The summed E-state index contributed by atoms with van der Waals surface area (Å²) in [5, 5.41) is 2.70. The highest BCUT2D eigenvalue weighted by Crippen LogP contribution is 2.41. The maximum absolute atomic E-state index is 3.74. The van der Waals surface area contributed by atoms with E-state index in [4.69, 9.17) is 0 Å². The predicted octanol–water partition coefficient (Wildman–Crippen LogP) is 3.16. The quantitative estimate of drug-likeness (QED) is 0.676. The van der Waals surface area contributed by atoms with Crippen LogP contribution in [0.1, 0.15) is 36.3 Å². The van der Waals surface area contributed by atoms with E-state index in [2.05, 4.69) is 60.0 Å². The van der Waals surface area contributed by atoms with E-state index >= 15 is 0 Å². The summed E-state index contributed by atoms with van der Waals surface area (Å²) < 4.78 is 3.46. The molecule has 1 aromatic heterocycles. The van der Waals surface area contributed by atoms with Crippen LogP contribution in [0.25, 0.3) is 17.7 Å². The molecular weight excluding hydrogens is 342 g/mol. The van der Waals surface area contributed by atoms with Gasteiger partial charge in [-0.15, -0.1) is 0 Å². The summed E-state index contributed by atoms with van der Waals surface area (Å²) in [5.74, 6) is 0.584. The second-order valence-electron chi connectivity index (χ2n) is 4.80. The Morgan fingerprint density at radius 1 is 1.18 bits per heavy atom. The van der Waals surface area contributed by atoms with Crippen LogP contribution < -0.4 is 10.7 Å². The lowest BCUT2D eigenvalue weighted by Gasteiger charge is -2.24. The number of halogens is 2. The van der Waals surface area contributed by atoms with Crippen molar-refractivity contribution >= 4 is 49.8 Å². The summed E-state index contributed by atoms with van der Waals surface area (Å²) in [6.45, 7) is 0. The molecule has 1 atom stereocenters. The summed E-state index contributed by atoms with van der Waals surface area (Å²) in [7, 11) is 0. The Hall–Kier alpha value is -0.540. The van der Waals surface area contributed by atoms with E-state index < -0.39 is 0 Å². The van der Waals surface area contributed by atoms with Crippen LogP contribution in [0.2, 0.25) is 0 Å². The molecule has 1 aromatic rings. The van der Waals surface area contributed by atoms with Crippen molar-refractivity contribution in [3.8, 4) is 0 Å². The second-order valence-corrected chi connectivity index (χ2v) is 6.36. The van der Waals surface area contributed by atoms with Crippen molar-refractivity contribution in [1.29, 1.82) is 0 Å². The first-order valence-corrected chi connectivity index (χ1v) is 7.47. The van der Waals surface area contributed by atoms with Gasteiger partial charge in [-0.25, -0.2) is 0 Å². The van der Waals surface area contributed by atoms with Gasteiger partial charge in [0.15, 0.2) is 0 Å². The van der Waals surface area contributed by atoms with Gasteiger partial charge >= 0.3 is 0 Å². The highest BCUT2D eigenvalue weighted by molar-refractivity contribution is 9.12. The van der Waals surface area contributed by atoms with Gasteiger partial charge in [-0.2, -0.15) is 0 Å². The molecule has 0 spiro atoms. The van der Waals surface area contributed by atoms with Gasteiger partial charge in [0.05, 0.1) is 26.8 Å². The molecule has 0 aliphatic heterocycles. The molecule has 0 aromatic carbocycles. The molecule has 1 nitrogen and oxygen atoms in total. The van der Waals surface area contributed by atoms with Crippen LogP contribution in [0, 0.1) is 0 Å². The number of aromatic nitrogens is 1. The van der Waals surface area contributed by atoms with E-state index in [1.54, 1.807) is 0 Å². The van der Waals surface area contributed by atoms with Gasteiger partial charge in [-0.3, -0.25) is 3.59 Å². The maximum atomic E-state index is 3.74. The Morgan fingerprint density at radius 3 is 2.94 bits per heavy atom. The maximum Gasteiger partial charge on any atom is 0.0571 e. The lowest BCUT2D eigenvalue weighted by molar-refractivity contribution is 0.734. The molecular formula is C14H11Br2N. The van der Waals surface area contributed by atoms with Gasteiger partial charge < -0.3 is 0 Å². The van der Waals surface area contributed by atoms with Crippen LogP contribution in [0.15, 0.2) is 16.6 Å². The predicted molar refractivity (Wildman–Crippen MR) is 78.5 cm³/mol. The van der Waals surface area contributed by atoms with Crippen LogP contribution >= 0.6 is 32.1 Å². The molecule has 1 unspecified atom stereocenters. The Kier molecular flexibility index (Phi) is 2.13. The van der Waals surface area contributed by atoms with Crippen LogP contribution in [0.5, 0.6) is 0 Å². The van der Waals surface area contributed by atoms with Crippen molar-refractivity contribution < 1.29 is 0 Å². The van der Waals surface area contributed by atoms with Gasteiger partial charge in [0.25, 0.3) is 0 Å². The number of hydrogen-bond acceptors (Lipinski definition) is 0. The highest BCUT2D eigenvalue weighted by Gasteiger charge is 2.30. The Morgan fingerprint density at radius 2 is 2.06 bits per heavy atom. The molecule has 0 fully saturated rings. The van der Waals surface area contributed by atoms with E-state index in [1.165, 1.54) is 44.7 Å². The molecule has 17 heavy (non-hydrogen) atoms. The van der Waals surface area contributed by atoms with E-state index in [0.29, 0.717) is 5.92 Å². The summed E-state index contributed by atoms with van der Waals surface area (Å²) in [6.07, 6.45) is 12.8. The fraction of sp³-hybridized carbons (Fsp3) is 0.286. The van der Waals surface area contributed by atoms with E-state index in [-0.39, 0.29) is 0 Å². The molecule has 0 radical (unpaired) electrons. The van der Waals surface area contributed by atoms with Crippen molar-refractivity contribution in [2.75, 3.05) is 0 Å². The molecule has 1 heterocycles. The monoisotopic (exact) mass is 351 g/mol. The number of nitrogens with zero attached hydrogens (tertiary/aromatic N) is 1. The fourth-order valence-electron chi connectivity index (χ4n) is 3.21. The SMILES string of the molecule is BrC1=CC2CCC=c3c2c2c(n3Br)=CCC=C12. The van der Waals surface area contributed by atoms with Crippen molar-refractivity contribution in [3.63, 3.8) is 0 Å². The third-order valence-corrected chi connectivity index (χ3v) is 5.37. The molecule has 0 amide bonds. The third-order valence-electron chi connectivity index (χ3n) is 3.92.